The largest absolute Gasteiger partial charge is 0.374 e. The minimum absolute atomic E-state index is 0.172. The lowest BCUT2D eigenvalue weighted by Gasteiger charge is -2.08. The number of rotatable bonds is 4. The zero-order valence-corrected chi connectivity index (χ0v) is 8.98. The Labute approximate surface area is 89.0 Å². The van der Waals surface area contributed by atoms with E-state index < -0.39 is 0 Å². The summed E-state index contributed by atoms with van der Waals surface area (Å²) in [4.78, 5) is 4.30. The molecule has 5 heteroatoms. The van der Waals surface area contributed by atoms with Gasteiger partial charge in [-0.2, -0.15) is 4.98 Å². The Hall–Kier alpha value is -0.940. The summed E-state index contributed by atoms with van der Waals surface area (Å²) in [6, 6.07) is 0.172. The van der Waals surface area contributed by atoms with E-state index in [9.17, 15) is 0 Å². The highest BCUT2D eigenvalue weighted by molar-refractivity contribution is 5.01. The van der Waals surface area contributed by atoms with Gasteiger partial charge in [0.2, 0.25) is 5.89 Å². The summed E-state index contributed by atoms with van der Waals surface area (Å²) in [6.07, 6.45) is 3.25. The first kappa shape index (κ1) is 10.6. The second-order valence-corrected chi connectivity index (χ2v) is 3.89. The van der Waals surface area contributed by atoms with Gasteiger partial charge < -0.3 is 15.0 Å². The molecule has 0 spiro atoms. The molecule has 1 heterocycles. The lowest BCUT2D eigenvalue weighted by Crippen LogP contribution is -2.22. The first-order chi connectivity index (χ1) is 7.31. The zero-order chi connectivity index (χ0) is 10.7. The van der Waals surface area contributed by atoms with Crippen LogP contribution in [0.25, 0.3) is 0 Å². The van der Waals surface area contributed by atoms with Crippen molar-refractivity contribution in [2.24, 2.45) is 5.73 Å². The van der Waals surface area contributed by atoms with Crippen molar-refractivity contribution in [1.82, 2.24) is 10.1 Å². The molecule has 1 aliphatic carbocycles. The number of hydrogen-bond acceptors (Lipinski definition) is 5. The molecule has 15 heavy (non-hydrogen) atoms. The van der Waals surface area contributed by atoms with E-state index in [1.165, 1.54) is 0 Å². The van der Waals surface area contributed by atoms with Gasteiger partial charge in [0, 0.05) is 12.6 Å². The van der Waals surface area contributed by atoms with Crippen LogP contribution < -0.4 is 5.73 Å². The molecule has 0 aromatic carbocycles. The second-order valence-electron chi connectivity index (χ2n) is 3.89. The fourth-order valence-electron chi connectivity index (χ4n) is 1.97. The van der Waals surface area contributed by atoms with Crippen molar-refractivity contribution in [3.8, 4) is 0 Å². The highest BCUT2D eigenvalue weighted by Gasteiger charge is 2.30. The van der Waals surface area contributed by atoms with Gasteiger partial charge in [0.05, 0.1) is 5.92 Å². The Morgan fingerprint density at radius 1 is 1.53 bits per heavy atom. The summed E-state index contributed by atoms with van der Waals surface area (Å²) in [6.45, 7) is 3.02. The van der Waals surface area contributed by atoms with Crippen LogP contribution in [0.15, 0.2) is 4.52 Å². The molecule has 1 fully saturated rings. The second kappa shape index (κ2) is 4.72. The monoisotopic (exact) mass is 211 g/mol. The van der Waals surface area contributed by atoms with Gasteiger partial charge in [-0.25, -0.2) is 0 Å². The number of hydrogen-bond donors (Lipinski definition) is 1. The molecule has 0 radical (unpaired) electrons. The zero-order valence-electron chi connectivity index (χ0n) is 8.98. The molecule has 5 nitrogen and oxygen atoms in total. The van der Waals surface area contributed by atoms with E-state index in [4.69, 9.17) is 15.0 Å². The van der Waals surface area contributed by atoms with Crippen molar-refractivity contribution < 1.29 is 9.26 Å². The molecular formula is C10H17N3O2. The summed E-state index contributed by atoms with van der Waals surface area (Å²) < 4.78 is 10.4. The van der Waals surface area contributed by atoms with E-state index in [-0.39, 0.29) is 12.0 Å². The Balaban J connectivity index is 1.99. The molecule has 0 amide bonds. The maximum atomic E-state index is 5.96. The SMILES string of the molecule is CCOCc1noc(C2CCCC2N)n1. The van der Waals surface area contributed by atoms with Crippen molar-refractivity contribution in [2.45, 2.75) is 44.8 Å². The molecule has 2 unspecified atom stereocenters. The van der Waals surface area contributed by atoms with Crippen LogP contribution in [0.5, 0.6) is 0 Å². The normalized spacial score (nSPS) is 26.0. The Morgan fingerprint density at radius 3 is 3.07 bits per heavy atom. The number of ether oxygens (including phenoxy) is 1. The van der Waals surface area contributed by atoms with Crippen molar-refractivity contribution in [2.75, 3.05) is 6.61 Å². The topological polar surface area (TPSA) is 74.2 Å². The predicted octanol–water partition coefficient (Wildman–Crippen LogP) is 1.20. The maximum absolute atomic E-state index is 5.96. The van der Waals surface area contributed by atoms with Gasteiger partial charge in [-0.05, 0) is 19.8 Å². The van der Waals surface area contributed by atoms with Gasteiger partial charge in [0.1, 0.15) is 6.61 Å². The third kappa shape index (κ3) is 2.35. The molecule has 84 valence electrons. The molecule has 1 aromatic heterocycles. The Bertz CT molecular complexity index is 313. The number of nitrogens with two attached hydrogens (primary N) is 1. The van der Waals surface area contributed by atoms with Gasteiger partial charge in [-0.3, -0.25) is 0 Å². The van der Waals surface area contributed by atoms with E-state index in [0.717, 1.165) is 19.3 Å². The predicted molar refractivity (Wildman–Crippen MR) is 54.2 cm³/mol. The lowest BCUT2D eigenvalue weighted by molar-refractivity contribution is 0.126. The van der Waals surface area contributed by atoms with Crippen molar-refractivity contribution in [3.63, 3.8) is 0 Å². The summed E-state index contributed by atoms with van der Waals surface area (Å²) in [7, 11) is 0. The lowest BCUT2D eigenvalue weighted by atomic mass is 10.1. The molecule has 0 saturated heterocycles. The molecule has 0 aliphatic heterocycles. The molecule has 2 N–H and O–H groups in total. The molecular weight excluding hydrogens is 194 g/mol. The van der Waals surface area contributed by atoms with Crippen LogP contribution in [0.4, 0.5) is 0 Å². The first-order valence-electron chi connectivity index (χ1n) is 5.47. The van der Waals surface area contributed by atoms with Crippen LogP contribution in [0.1, 0.15) is 43.8 Å². The van der Waals surface area contributed by atoms with Gasteiger partial charge in [-0.1, -0.05) is 11.6 Å². The Morgan fingerprint density at radius 2 is 2.40 bits per heavy atom. The average molecular weight is 211 g/mol. The standard InChI is InChI=1S/C10H17N3O2/c1-2-14-6-9-12-10(15-13-9)7-4-3-5-8(7)11/h7-8H,2-6,11H2,1H3. The smallest absolute Gasteiger partial charge is 0.231 e. The Kier molecular flexibility index (Phi) is 3.33. The number of aromatic nitrogens is 2. The van der Waals surface area contributed by atoms with E-state index in [0.29, 0.717) is 24.9 Å². The molecule has 1 aromatic rings. The van der Waals surface area contributed by atoms with Crippen LogP contribution in [0.2, 0.25) is 0 Å². The van der Waals surface area contributed by atoms with Gasteiger partial charge in [-0.15, -0.1) is 0 Å². The minimum atomic E-state index is 0.172. The highest BCUT2D eigenvalue weighted by Crippen LogP contribution is 2.32. The first-order valence-corrected chi connectivity index (χ1v) is 5.47. The highest BCUT2D eigenvalue weighted by atomic mass is 16.5. The van der Waals surface area contributed by atoms with E-state index in [2.05, 4.69) is 10.1 Å². The summed E-state index contributed by atoms with van der Waals surface area (Å²) in [5.74, 6) is 1.54. The average Bonchev–Trinajstić information content (AvgIpc) is 2.83. The van der Waals surface area contributed by atoms with Crippen LogP contribution >= 0.6 is 0 Å². The molecule has 0 bridgehead atoms. The van der Waals surface area contributed by atoms with Crippen LogP contribution in [0, 0.1) is 0 Å². The number of nitrogens with zero attached hydrogens (tertiary/aromatic N) is 2. The third-order valence-corrected chi connectivity index (χ3v) is 2.81. The van der Waals surface area contributed by atoms with Crippen LogP contribution in [-0.2, 0) is 11.3 Å². The quantitative estimate of drug-likeness (QED) is 0.810. The van der Waals surface area contributed by atoms with Crippen LogP contribution in [-0.4, -0.2) is 22.8 Å². The fraction of sp³-hybridized carbons (Fsp3) is 0.800. The summed E-state index contributed by atoms with van der Waals surface area (Å²) in [5, 5.41) is 3.87. The molecule has 1 saturated carbocycles. The molecule has 1 aliphatic rings. The summed E-state index contributed by atoms with van der Waals surface area (Å²) >= 11 is 0. The van der Waals surface area contributed by atoms with Crippen LogP contribution in [0.3, 0.4) is 0 Å². The summed E-state index contributed by atoms with van der Waals surface area (Å²) in [5.41, 5.74) is 5.96. The minimum Gasteiger partial charge on any atom is -0.374 e. The maximum Gasteiger partial charge on any atom is 0.231 e. The van der Waals surface area contributed by atoms with Gasteiger partial charge in [0.25, 0.3) is 0 Å². The third-order valence-electron chi connectivity index (χ3n) is 2.81. The van der Waals surface area contributed by atoms with E-state index in [1.54, 1.807) is 0 Å². The fourth-order valence-corrected chi connectivity index (χ4v) is 1.97. The van der Waals surface area contributed by atoms with Gasteiger partial charge in [0.15, 0.2) is 5.82 Å². The van der Waals surface area contributed by atoms with Crippen molar-refractivity contribution in [1.29, 1.82) is 0 Å². The van der Waals surface area contributed by atoms with E-state index in [1.807, 2.05) is 6.92 Å². The molecule has 2 atom stereocenters. The van der Waals surface area contributed by atoms with Crippen molar-refractivity contribution >= 4 is 0 Å². The van der Waals surface area contributed by atoms with E-state index >= 15 is 0 Å². The molecule has 2 rings (SSSR count). The van der Waals surface area contributed by atoms with Gasteiger partial charge >= 0.3 is 0 Å². The van der Waals surface area contributed by atoms with Crippen molar-refractivity contribution in [3.05, 3.63) is 11.7 Å².